The highest BCUT2D eigenvalue weighted by molar-refractivity contribution is 6.01. The number of para-hydroxylation sites is 4. The third-order valence-corrected chi connectivity index (χ3v) is 10.9. The van der Waals surface area contributed by atoms with E-state index in [-0.39, 0.29) is 5.91 Å². The molecule has 0 aliphatic heterocycles. The summed E-state index contributed by atoms with van der Waals surface area (Å²) in [5.41, 5.74) is 13.6. The Morgan fingerprint density at radius 1 is 0.459 bits per heavy atom. The fraction of sp³-hybridized carbons (Fsp3) is 0.0926. The number of amides is 1. The van der Waals surface area contributed by atoms with Gasteiger partial charge in [-0.15, -0.1) is 10.2 Å². The first-order valence-electron chi connectivity index (χ1n) is 20.9. The van der Waals surface area contributed by atoms with Crippen molar-refractivity contribution in [2.45, 2.75) is 32.6 Å². The Balaban J connectivity index is 1.10. The Hall–Kier alpha value is -7.77. The van der Waals surface area contributed by atoms with E-state index < -0.39 is 0 Å². The van der Waals surface area contributed by atoms with Crippen LogP contribution in [0.3, 0.4) is 0 Å². The highest BCUT2D eigenvalue weighted by Crippen LogP contribution is 2.40. The van der Waals surface area contributed by atoms with Crippen LogP contribution in [0.4, 0.5) is 39.8 Å². The van der Waals surface area contributed by atoms with E-state index in [0.29, 0.717) is 6.42 Å². The average Bonchev–Trinajstić information content (AvgIpc) is 3.77. The molecule has 1 aromatic heterocycles. The monoisotopic (exact) mass is 794 g/mol. The molecule has 0 fully saturated rings. The molecule has 8 aromatic carbocycles. The van der Waals surface area contributed by atoms with Gasteiger partial charge in [0.1, 0.15) is 11.0 Å². The summed E-state index contributed by atoms with van der Waals surface area (Å²) in [6, 6.07) is 71.1. The molecule has 0 saturated heterocycles. The number of benzene rings is 8. The second kappa shape index (κ2) is 18.0. The summed E-state index contributed by atoms with van der Waals surface area (Å²) in [6.45, 7) is 2.14. The number of unbranched alkanes of at least 4 members (excludes halogenated alkanes) is 2. The van der Waals surface area contributed by atoms with E-state index >= 15 is 0 Å². The van der Waals surface area contributed by atoms with Gasteiger partial charge in [-0.1, -0.05) is 129 Å². The van der Waals surface area contributed by atoms with E-state index in [0.717, 1.165) is 98.0 Å². The number of fused-ring (bicyclic) bond motifs is 1. The average molecular weight is 795 g/mol. The summed E-state index contributed by atoms with van der Waals surface area (Å²) < 4.78 is 0. The molecule has 61 heavy (non-hydrogen) atoms. The molecular formula is C54H46N6O. The summed E-state index contributed by atoms with van der Waals surface area (Å²) in [5, 5.41) is 13.4. The lowest BCUT2D eigenvalue weighted by Crippen LogP contribution is -2.11. The van der Waals surface area contributed by atoms with Crippen LogP contribution in [0.5, 0.6) is 0 Å². The molecule has 1 heterocycles. The van der Waals surface area contributed by atoms with Crippen LogP contribution in [0, 0.1) is 0 Å². The maximum absolute atomic E-state index is 12.6. The molecule has 298 valence electrons. The van der Waals surface area contributed by atoms with Crippen molar-refractivity contribution in [1.29, 1.82) is 0 Å². The number of nitrogens with zero attached hydrogens (tertiary/aromatic N) is 5. The number of hydrogen-bond donors (Lipinski definition) is 1. The van der Waals surface area contributed by atoms with Crippen LogP contribution in [0.15, 0.2) is 206 Å². The van der Waals surface area contributed by atoms with Crippen LogP contribution in [0.25, 0.3) is 39.0 Å². The van der Waals surface area contributed by atoms with Crippen molar-refractivity contribution in [3.63, 3.8) is 0 Å². The van der Waals surface area contributed by atoms with Crippen LogP contribution >= 0.6 is 0 Å². The summed E-state index contributed by atoms with van der Waals surface area (Å²) in [4.78, 5) is 18.8. The predicted octanol–water partition coefficient (Wildman–Crippen LogP) is 14.2. The molecule has 1 amide bonds. The Morgan fingerprint density at radius 2 is 0.836 bits per heavy atom. The SMILES string of the molecule is CCCCCC(=O)Nc1ccc(-n2nc3c(-c4ccc(N(c5ccccc5)c5ccccc5)cc4)ccc(-c4ccc(N(c5ccccc5)c5ccccc5)cc4)c3n2)cc1. The molecule has 0 atom stereocenters. The topological polar surface area (TPSA) is 66.3 Å². The van der Waals surface area contributed by atoms with Crippen molar-refractivity contribution in [1.82, 2.24) is 15.0 Å². The van der Waals surface area contributed by atoms with E-state index in [1.807, 2.05) is 48.5 Å². The van der Waals surface area contributed by atoms with Gasteiger partial charge in [0.15, 0.2) is 0 Å². The number of aromatic nitrogens is 3. The molecule has 9 rings (SSSR count). The van der Waals surface area contributed by atoms with Crippen LogP contribution in [-0.4, -0.2) is 20.9 Å². The van der Waals surface area contributed by atoms with Crippen LogP contribution in [-0.2, 0) is 4.79 Å². The quantitative estimate of drug-likeness (QED) is 0.111. The zero-order valence-corrected chi connectivity index (χ0v) is 34.1. The first-order valence-corrected chi connectivity index (χ1v) is 20.9. The normalized spacial score (nSPS) is 11.0. The smallest absolute Gasteiger partial charge is 0.224 e. The molecule has 0 aliphatic rings. The lowest BCUT2D eigenvalue weighted by molar-refractivity contribution is -0.116. The number of carbonyl (C=O) groups excluding carboxylic acids is 1. The van der Waals surface area contributed by atoms with Gasteiger partial charge < -0.3 is 15.1 Å². The molecule has 0 aliphatic carbocycles. The van der Waals surface area contributed by atoms with Crippen molar-refractivity contribution in [3.05, 3.63) is 206 Å². The van der Waals surface area contributed by atoms with Gasteiger partial charge in [0, 0.05) is 57.4 Å². The van der Waals surface area contributed by atoms with Gasteiger partial charge in [0.25, 0.3) is 0 Å². The van der Waals surface area contributed by atoms with E-state index in [1.54, 1.807) is 4.80 Å². The van der Waals surface area contributed by atoms with Crippen molar-refractivity contribution in [3.8, 4) is 27.9 Å². The summed E-state index contributed by atoms with van der Waals surface area (Å²) in [6.07, 6.45) is 3.53. The second-order valence-corrected chi connectivity index (χ2v) is 15.0. The lowest BCUT2D eigenvalue weighted by Gasteiger charge is -2.25. The van der Waals surface area contributed by atoms with Gasteiger partial charge in [-0.05, 0) is 115 Å². The third kappa shape index (κ3) is 8.54. The molecule has 0 bridgehead atoms. The third-order valence-electron chi connectivity index (χ3n) is 10.9. The first-order chi connectivity index (χ1) is 30.1. The van der Waals surface area contributed by atoms with Gasteiger partial charge in [0.05, 0.1) is 5.69 Å². The van der Waals surface area contributed by atoms with Gasteiger partial charge in [-0.2, -0.15) is 4.80 Å². The van der Waals surface area contributed by atoms with Crippen molar-refractivity contribution in [2.24, 2.45) is 0 Å². The van der Waals surface area contributed by atoms with E-state index in [2.05, 4.69) is 180 Å². The maximum Gasteiger partial charge on any atom is 0.224 e. The Kier molecular flexibility index (Phi) is 11.4. The second-order valence-electron chi connectivity index (χ2n) is 15.0. The molecule has 0 spiro atoms. The molecule has 9 aromatic rings. The molecule has 7 nitrogen and oxygen atoms in total. The molecule has 0 unspecified atom stereocenters. The minimum Gasteiger partial charge on any atom is -0.326 e. The van der Waals surface area contributed by atoms with Gasteiger partial charge in [-0.25, -0.2) is 0 Å². The number of hydrogen-bond acceptors (Lipinski definition) is 5. The van der Waals surface area contributed by atoms with Crippen LogP contribution < -0.4 is 15.1 Å². The van der Waals surface area contributed by atoms with E-state index in [4.69, 9.17) is 10.2 Å². The van der Waals surface area contributed by atoms with Crippen molar-refractivity contribution >= 4 is 56.8 Å². The first kappa shape index (κ1) is 38.7. The highest BCUT2D eigenvalue weighted by Gasteiger charge is 2.19. The fourth-order valence-corrected chi connectivity index (χ4v) is 7.80. The number of rotatable bonds is 14. The summed E-state index contributed by atoms with van der Waals surface area (Å²) in [7, 11) is 0. The Labute approximate surface area is 357 Å². The number of anilines is 7. The number of nitrogens with one attached hydrogen (secondary N) is 1. The standard InChI is InChI=1S/C54H46N6O/c1-2-3-8-25-52(61)55-42-30-36-49(37-31-42)60-56-53-50(40-26-32-47(33-27-40)58(43-17-9-4-10-18-43)44-19-11-5-12-20-44)38-39-51(54(53)57-60)41-28-34-48(35-29-41)59(45-21-13-6-14-22-45)46-23-15-7-16-24-46/h4-7,9-24,26-39H,2-3,8,25H2,1H3,(H,55,61). The van der Waals surface area contributed by atoms with E-state index in [9.17, 15) is 4.79 Å². The van der Waals surface area contributed by atoms with Crippen LogP contribution in [0.2, 0.25) is 0 Å². The highest BCUT2D eigenvalue weighted by atomic mass is 16.1. The summed E-state index contributed by atoms with van der Waals surface area (Å²) >= 11 is 0. The maximum atomic E-state index is 12.6. The predicted molar refractivity (Wildman–Crippen MR) is 252 cm³/mol. The van der Waals surface area contributed by atoms with Gasteiger partial charge >= 0.3 is 0 Å². The lowest BCUT2D eigenvalue weighted by atomic mass is 9.97. The van der Waals surface area contributed by atoms with E-state index in [1.165, 1.54) is 0 Å². The number of carbonyl (C=O) groups is 1. The van der Waals surface area contributed by atoms with Crippen molar-refractivity contribution < 1.29 is 4.79 Å². The zero-order chi connectivity index (χ0) is 41.4. The Bertz CT molecular complexity index is 2580. The zero-order valence-electron chi connectivity index (χ0n) is 34.1. The molecular weight excluding hydrogens is 749 g/mol. The molecule has 0 saturated carbocycles. The van der Waals surface area contributed by atoms with Gasteiger partial charge in [-0.3, -0.25) is 4.79 Å². The minimum atomic E-state index is 0.0294. The van der Waals surface area contributed by atoms with Gasteiger partial charge in [0.2, 0.25) is 5.91 Å². The Morgan fingerprint density at radius 3 is 1.21 bits per heavy atom. The fourth-order valence-electron chi connectivity index (χ4n) is 7.80. The molecule has 7 heteroatoms. The molecule has 1 N–H and O–H groups in total. The van der Waals surface area contributed by atoms with Crippen molar-refractivity contribution in [2.75, 3.05) is 15.1 Å². The van der Waals surface area contributed by atoms with Crippen LogP contribution in [0.1, 0.15) is 32.6 Å². The largest absolute Gasteiger partial charge is 0.326 e. The summed E-state index contributed by atoms with van der Waals surface area (Å²) in [5.74, 6) is 0.0294. The minimum absolute atomic E-state index is 0.0294. The molecule has 0 radical (unpaired) electrons.